The second-order valence-corrected chi connectivity index (χ2v) is 6.22. The number of hydrogen-bond donors (Lipinski definition) is 2. The smallest absolute Gasteiger partial charge is 0.224 e. The van der Waals surface area contributed by atoms with E-state index in [1.807, 2.05) is 0 Å². The minimum atomic E-state index is -0.137. The fraction of sp³-hybridized carbons (Fsp3) is 0.533. The van der Waals surface area contributed by atoms with E-state index in [1.54, 1.807) is 0 Å². The molecule has 110 valence electrons. The molecule has 0 heterocycles. The van der Waals surface area contributed by atoms with Gasteiger partial charge in [0.25, 0.3) is 0 Å². The molecule has 0 aromatic heterocycles. The maximum absolute atomic E-state index is 11.9. The van der Waals surface area contributed by atoms with Crippen LogP contribution in [0, 0.1) is 5.92 Å². The lowest BCUT2D eigenvalue weighted by Crippen LogP contribution is -2.15. The fourth-order valence-electron chi connectivity index (χ4n) is 2.69. The first kappa shape index (κ1) is 15.5. The van der Waals surface area contributed by atoms with Crippen molar-refractivity contribution in [2.24, 2.45) is 5.92 Å². The third-order valence-electron chi connectivity index (χ3n) is 3.81. The van der Waals surface area contributed by atoms with E-state index in [9.17, 15) is 9.90 Å². The van der Waals surface area contributed by atoms with Crippen LogP contribution in [-0.2, 0) is 4.79 Å². The Morgan fingerprint density at radius 3 is 2.65 bits per heavy atom. The number of hydrogen-bond acceptors (Lipinski definition) is 2. The van der Waals surface area contributed by atoms with E-state index in [0.717, 1.165) is 6.42 Å². The van der Waals surface area contributed by atoms with Gasteiger partial charge in [-0.2, -0.15) is 0 Å². The van der Waals surface area contributed by atoms with Gasteiger partial charge in [-0.3, -0.25) is 4.79 Å². The van der Waals surface area contributed by atoms with Crippen LogP contribution >= 0.6 is 23.2 Å². The second kappa shape index (κ2) is 7.19. The molecule has 0 bridgehead atoms. The molecule has 0 aliphatic heterocycles. The van der Waals surface area contributed by atoms with Gasteiger partial charge in [0.15, 0.2) is 5.75 Å². The molecule has 20 heavy (non-hydrogen) atoms. The van der Waals surface area contributed by atoms with Crippen LogP contribution in [0.15, 0.2) is 12.1 Å². The van der Waals surface area contributed by atoms with Crippen molar-refractivity contribution in [1.82, 2.24) is 0 Å². The van der Waals surface area contributed by atoms with Crippen molar-refractivity contribution >= 4 is 34.8 Å². The average molecular weight is 316 g/mol. The first-order valence-corrected chi connectivity index (χ1v) is 7.79. The number of phenols is 1. The zero-order valence-corrected chi connectivity index (χ0v) is 12.8. The number of carbonyl (C=O) groups excluding carboxylic acids is 1. The van der Waals surface area contributed by atoms with E-state index in [-0.39, 0.29) is 22.4 Å². The lowest BCUT2D eigenvalue weighted by Gasteiger charge is -2.21. The highest BCUT2D eigenvalue weighted by molar-refractivity contribution is 6.36. The van der Waals surface area contributed by atoms with Gasteiger partial charge >= 0.3 is 0 Å². The molecule has 0 radical (unpaired) electrons. The topological polar surface area (TPSA) is 49.3 Å². The zero-order chi connectivity index (χ0) is 14.5. The summed E-state index contributed by atoms with van der Waals surface area (Å²) in [5.74, 6) is 0.414. The highest BCUT2D eigenvalue weighted by Crippen LogP contribution is 2.35. The second-order valence-electron chi connectivity index (χ2n) is 5.37. The van der Waals surface area contributed by atoms with Gasteiger partial charge in [0, 0.05) is 11.4 Å². The molecule has 1 aromatic carbocycles. The Hall–Kier alpha value is -0.930. The Labute approximate surface area is 129 Å². The van der Waals surface area contributed by atoms with Gasteiger partial charge in [0.05, 0.1) is 10.7 Å². The van der Waals surface area contributed by atoms with E-state index in [4.69, 9.17) is 23.2 Å². The highest BCUT2D eigenvalue weighted by atomic mass is 35.5. The average Bonchev–Trinajstić information content (AvgIpc) is 2.43. The number of aromatic hydroxyl groups is 1. The van der Waals surface area contributed by atoms with Gasteiger partial charge in [-0.25, -0.2) is 0 Å². The van der Waals surface area contributed by atoms with E-state index in [1.165, 1.54) is 44.2 Å². The third-order valence-corrected chi connectivity index (χ3v) is 4.31. The summed E-state index contributed by atoms with van der Waals surface area (Å²) in [6, 6.07) is 2.94. The number of nitrogens with one attached hydrogen (secondary N) is 1. The van der Waals surface area contributed by atoms with Crippen LogP contribution in [0.4, 0.5) is 5.69 Å². The first-order valence-electron chi connectivity index (χ1n) is 7.04. The van der Waals surface area contributed by atoms with Crippen LogP contribution in [0.3, 0.4) is 0 Å². The molecule has 0 saturated heterocycles. The molecule has 0 unspecified atom stereocenters. The number of rotatable bonds is 4. The molecule has 0 atom stereocenters. The first-order chi connectivity index (χ1) is 9.56. The van der Waals surface area contributed by atoms with Gasteiger partial charge in [-0.05, 0) is 24.5 Å². The van der Waals surface area contributed by atoms with Crippen molar-refractivity contribution in [3.63, 3.8) is 0 Å². The predicted octanol–water partition coefficient (Wildman–Crippen LogP) is 5.00. The van der Waals surface area contributed by atoms with Crippen molar-refractivity contribution in [1.29, 1.82) is 0 Å². The summed E-state index contributed by atoms with van der Waals surface area (Å²) in [6.45, 7) is 0. The standard InChI is InChI=1S/C15H19Cl2NO2/c16-11-8-12(17)15(20)13(9-11)18-14(19)7-6-10-4-2-1-3-5-10/h8-10,20H,1-7H2,(H,18,19). The van der Waals surface area contributed by atoms with Crippen molar-refractivity contribution in [2.75, 3.05) is 5.32 Å². The number of phenolic OH excluding ortho intramolecular Hbond substituents is 1. The fourth-order valence-corrected chi connectivity index (χ4v) is 3.18. The van der Waals surface area contributed by atoms with Crippen LogP contribution in [0.5, 0.6) is 5.75 Å². The monoisotopic (exact) mass is 315 g/mol. The van der Waals surface area contributed by atoms with Crippen LogP contribution < -0.4 is 5.32 Å². The molecular formula is C15H19Cl2NO2. The molecule has 1 aliphatic rings. The van der Waals surface area contributed by atoms with Crippen molar-refractivity contribution in [3.05, 3.63) is 22.2 Å². The molecule has 1 fully saturated rings. The Morgan fingerprint density at radius 2 is 1.95 bits per heavy atom. The molecule has 5 heteroatoms. The number of carbonyl (C=O) groups is 1. The van der Waals surface area contributed by atoms with E-state index < -0.39 is 0 Å². The maximum atomic E-state index is 11.9. The molecule has 1 aliphatic carbocycles. The Morgan fingerprint density at radius 1 is 1.25 bits per heavy atom. The van der Waals surface area contributed by atoms with Crippen LogP contribution in [-0.4, -0.2) is 11.0 Å². The number of anilines is 1. The number of amides is 1. The van der Waals surface area contributed by atoms with Crippen molar-refractivity contribution in [3.8, 4) is 5.75 Å². The lowest BCUT2D eigenvalue weighted by molar-refractivity contribution is -0.116. The van der Waals surface area contributed by atoms with Crippen LogP contribution in [0.1, 0.15) is 44.9 Å². The van der Waals surface area contributed by atoms with Crippen LogP contribution in [0.25, 0.3) is 0 Å². The summed E-state index contributed by atoms with van der Waals surface area (Å²) in [6.07, 6.45) is 7.68. The SMILES string of the molecule is O=C(CCC1CCCCC1)Nc1cc(Cl)cc(Cl)c1O. The van der Waals surface area contributed by atoms with Gasteiger partial charge in [0.1, 0.15) is 0 Å². The van der Waals surface area contributed by atoms with E-state index in [2.05, 4.69) is 5.32 Å². The normalized spacial score (nSPS) is 16.1. The van der Waals surface area contributed by atoms with E-state index >= 15 is 0 Å². The van der Waals surface area contributed by atoms with Gasteiger partial charge < -0.3 is 10.4 Å². The van der Waals surface area contributed by atoms with Crippen molar-refractivity contribution in [2.45, 2.75) is 44.9 Å². The van der Waals surface area contributed by atoms with Crippen LogP contribution in [0.2, 0.25) is 10.0 Å². The predicted molar refractivity (Wildman–Crippen MR) is 82.6 cm³/mol. The molecule has 1 saturated carbocycles. The largest absolute Gasteiger partial charge is 0.504 e. The molecule has 2 N–H and O–H groups in total. The highest BCUT2D eigenvalue weighted by Gasteiger charge is 2.16. The molecule has 0 spiro atoms. The summed E-state index contributed by atoms with van der Waals surface area (Å²) in [4.78, 5) is 11.9. The van der Waals surface area contributed by atoms with Gasteiger partial charge in [-0.15, -0.1) is 0 Å². The molecule has 1 aromatic rings. The van der Waals surface area contributed by atoms with Crippen molar-refractivity contribution < 1.29 is 9.90 Å². The Bertz CT molecular complexity index is 485. The summed E-state index contributed by atoms with van der Waals surface area (Å²) in [7, 11) is 0. The number of halogens is 2. The maximum Gasteiger partial charge on any atom is 0.224 e. The Kier molecular flexibility index (Phi) is 5.55. The van der Waals surface area contributed by atoms with Gasteiger partial charge in [-0.1, -0.05) is 55.3 Å². The summed E-state index contributed by atoms with van der Waals surface area (Å²) in [5, 5.41) is 13.0. The number of benzene rings is 1. The van der Waals surface area contributed by atoms with E-state index in [0.29, 0.717) is 17.4 Å². The lowest BCUT2D eigenvalue weighted by atomic mass is 9.86. The minimum absolute atomic E-state index is 0.107. The summed E-state index contributed by atoms with van der Waals surface area (Å²) < 4.78 is 0. The molecule has 3 nitrogen and oxygen atoms in total. The molecule has 2 rings (SSSR count). The Balaban J connectivity index is 1.88. The zero-order valence-electron chi connectivity index (χ0n) is 11.3. The molecular weight excluding hydrogens is 297 g/mol. The van der Waals surface area contributed by atoms with Gasteiger partial charge in [0.2, 0.25) is 5.91 Å². The summed E-state index contributed by atoms with van der Waals surface area (Å²) in [5.41, 5.74) is 0.274. The third kappa shape index (κ3) is 4.29. The summed E-state index contributed by atoms with van der Waals surface area (Å²) >= 11 is 11.7. The minimum Gasteiger partial charge on any atom is -0.504 e. The molecule has 1 amide bonds. The quantitative estimate of drug-likeness (QED) is 0.768.